The molecule has 0 saturated carbocycles. The number of carbonyl (C=O) groups is 1. The van der Waals surface area contributed by atoms with Gasteiger partial charge in [0.15, 0.2) is 5.84 Å². The molecule has 22 heavy (non-hydrogen) atoms. The molecular formula is C15H17N5O2. The third kappa shape index (κ3) is 4.03. The van der Waals surface area contributed by atoms with Crippen LogP contribution in [0.4, 0.5) is 0 Å². The summed E-state index contributed by atoms with van der Waals surface area (Å²) in [5, 5.41) is 5.29. The van der Waals surface area contributed by atoms with Gasteiger partial charge in [0, 0.05) is 11.8 Å². The van der Waals surface area contributed by atoms with Gasteiger partial charge in [-0.25, -0.2) is 15.8 Å². The van der Waals surface area contributed by atoms with Crippen molar-refractivity contribution in [3.05, 3.63) is 65.5 Å². The molecule has 114 valence electrons. The first-order valence-corrected chi connectivity index (χ1v) is 6.55. The van der Waals surface area contributed by atoms with E-state index in [1.54, 1.807) is 12.1 Å². The van der Waals surface area contributed by atoms with Crippen molar-refractivity contribution < 1.29 is 9.53 Å². The standard InChI is InChI=1S/C15H17N5O2/c1-22-15(21)12-7-8-13(18-9-12)10-20(17)19-14(16)11-5-3-2-4-6-11/h2-9H,10,17H2,1H3,(H2,16,19). The Morgan fingerprint density at radius 2 is 1.95 bits per heavy atom. The summed E-state index contributed by atoms with van der Waals surface area (Å²) in [5.74, 6) is 5.68. The number of hydrazone groups is 1. The predicted molar refractivity (Wildman–Crippen MR) is 82.5 cm³/mol. The van der Waals surface area contributed by atoms with Crippen LogP contribution in [0.25, 0.3) is 0 Å². The number of benzene rings is 1. The fraction of sp³-hybridized carbons (Fsp3) is 0.133. The Morgan fingerprint density at radius 3 is 2.55 bits per heavy atom. The van der Waals surface area contributed by atoms with E-state index in [0.717, 1.165) is 5.56 Å². The molecule has 1 heterocycles. The third-order valence-electron chi connectivity index (χ3n) is 2.88. The SMILES string of the molecule is COC(=O)c1ccc(CN(N)/N=C(\N)c2ccccc2)nc1. The molecule has 4 N–H and O–H groups in total. The van der Waals surface area contributed by atoms with Gasteiger partial charge >= 0.3 is 5.97 Å². The minimum absolute atomic E-state index is 0.259. The van der Waals surface area contributed by atoms with Gasteiger partial charge in [-0.3, -0.25) is 4.98 Å². The quantitative estimate of drug-likeness (QED) is 0.279. The Morgan fingerprint density at radius 1 is 1.23 bits per heavy atom. The summed E-state index contributed by atoms with van der Waals surface area (Å²) in [6.07, 6.45) is 1.43. The Bertz CT molecular complexity index is 655. The van der Waals surface area contributed by atoms with E-state index >= 15 is 0 Å². The highest BCUT2D eigenvalue weighted by Gasteiger charge is 2.07. The molecule has 0 radical (unpaired) electrons. The maximum absolute atomic E-state index is 11.3. The molecule has 0 amide bonds. The lowest BCUT2D eigenvalue weighted by molar-refractivity contribution is 0.0600. The summed E-state index contributed by atoms with van der Waals surface area (Å²) in [4.78, 5) is 15.4. The van der Waals surface area contributed by atoms with Crippen LogP contribution in [-0.2, 0) is 11.3 Å². The first-order chi connectivity index (χ1) is 10.6. The smallest absolute Gasteiger partial charge is 0.339 e. The topological polar surface area (TPSA) is 107 Å². The van der Waals surface area contributed by atoms with Crippen molar-refractivity contribution >= 4 is 11.8 Å². The summed E-state index contributed by atoms with van der Waals surface area (Å²) in [6, 6.07) is 12.6. The second-order valence-electron chi connectivity index (χ2n) is 4.48. The van der Waals surface area contributed by atoms with Crippen LogP contribution in [0.2, 0.25) is 0 Å². The third-order valence-corrected chi connectivity index (χ3v) is 2.88. The lowest BCUT2D eigenvalue weighted by Crippen LogP contribution is -2.29. The number of nitrogens with zero attached hydrogens (tertiary/aromatic N) is 3. The highest BCUT2D eigenvalue weighted by atomic mass is 16.5. The van der Waals surface area contributed by atoms with Crippen LogP contribution < -0.4 is 11.6 Å². The van der Waals surface area contributed by atoms with Crippen LogP contribution in [0.3, 0.4) is 0 Å². The zero-order valence-corrected chi connectivity index (χ0v) is 12.1. The van der Waals surface area contributed by atoms with Crippen LogP contribution in [0, 0.1) is 0 Å². The second-order valence-corrected chi connectivity index (χ2v) is 4.48. The Kier molecular flexibility index (Phi) is 5.05. The number of methoxy groups -OCH3 is 1. The molecule has 0 fully saturated rings. The second kappa shape index (κ2) is 7.19. The highest BCUT2D eigenvalue weighted by Crippen LogP contribution is 2.05. The van der Waals surface area contributed by atoms with Crippen molar-refractivity contribution in [2.45, 2.75) is 6.54 Å². The van der Waals surface area contributed by atoms with Crippen molar-refractivity contribution in [3.8, 4) is 0 Å². The molecule has 0 atom stereocenters. The van der Waals surface area contributed by atoms with Crippen molar-refractivity contribution in [1.82, 2.24) is 10.1 Å². The molecule has 0 bridgehead atoms. The van der Waals surface area contributed by atoms with Gasteiger partial charge in [0.1, 0.15) is 0 Å². The van der Waals surface area contributed by atoms with Gasteiger partial charge < -0.3 is 10.5 Å². The van der Waals surface area contributed by atoms with Crippen molar-refractivity contribution in [2.75, 3.05) is 7.11 Å². The molecule has 0 saturated heterocycles. The number of carbonyl (C=O) groups excluding carboxylic acids is 1. The van der Waals surface area contributed by atoms with Crippen LogP contribution in [-0.4, -0.2) is 29.0 Å². The summed E-state index contributed by atoms with van der Waals surface area (Å²) in [5.41, 5.74) is 7.69. The van der Waals surface area contributed by atoms with Crippen LogP contribution in [0.5, 0.6) is 0 Å². The minimum atomic E-state index is -0.435. The molecule has 0 unspecified atom stereocenters. The monoisotopic (exact) mass is 299 g/mol. The normalized spacial score (nSPS) is 11.1. The molecule has 0 aliphatic rings. The van der Waals surface area contributed by atoms with E-state index in [4.69, 9.17) is 11.6 Å². The Balaban J connectivity index is 2.03. The van der Waals surface area contributed by atoms with Crippen molar-refractivity contribution in [2.24, 2.45) is 16.7 Å². The van der Waals surface area contributed by atoms with Crippen LogP contribution in [0.15, 0.2) is 53.8 Å². The molecule has 2 aromatic rings. The fourth-order valence-corrected chi connectivity index (χ4v) is 1.76. The summed E-state index contributed by atoms with van der Waals surface area (Å²) < 4.78 is 4.61. The molecule has 2 rings (SSSR count). The molecule has 0 aliphatic heterocycles. The van der Waals surface area contributed by atoms with Crippen molar-refractivity contribution in [3.63, 3.8) is 0 Å². The zero-order valence-electron chi connectivity index (χ0n) is 12.1. The van der Waals surface area contributed by atoms with Gasteiger partial charge in [-0.2, -0.15) is 0 Å². The minimum Gasteiger partial charge on any atom is -0.465 e. The summed E-state index contributed by atoms with van der Waals surface area (Å²) >= 11 is 0. The number of pyridine rings is 1. The van der Waals surface area contributed by atoms with Crippen molar-refractivity contribution in [1.29, 1.82) is 0 Å². The number of esters is 1. The van der Waals surface area contributed by atoms with E-state index < -0.39 is 5.97 Å². The Hall–Kier alpha value is -2.93. The number of nitrogens with two attached hydrogens (primary N) is 2. The highest BCUT2D eigenvalue weighted by molar-refractivity contribution is 5.97. The average molecular weight is 299 g/mol. The van der Waals surface area contributed by atoms with Gasteiger partial charge in [-0.05, 0) is 12.1 Å². The number of hydrogen-bond acceptors (Lipinski definition) is 6. The zero-order chi connectivity index (χ0) is 15.9. The maximum Gasteiger partial charge on any atom is 0.339 e. The number of ether oxygens (including phenoxy) is 1. The number of hydrazine groups is 1. The predicted octanol–water partition coefficient (Wildman–Crippen LogP) is 0.864. The molecule has 1 aromatic carbocycles. The van der Waals surface area contributed by atoms with Gasteiger partial charge in [0.25, 0.3) is 0 Å². The van der Waals surface area contributed by atoms with Crippen LogP contribution >= 0.6 is 0 Å². The molecule has 0 aliphatic carbocycles. The molecule has 0 spiro atoms. The number of hydrogen-bond donors (Lipinski definition) is 2. The lowest BCUT2D eigenvalue weighted by Gasteiger charge is -2.13. The van der Waals surface area contributed by atoms with Crippen LogP contribution in [0.1, 0.15) is 21.6 Å². The van der Waals surface area contributed by atoms with E-state index in [1.165, 1.54) is 18.4 Å². The van der Waals surface area contributed by atoms with E-state index in [1.807, 2.05) is 30.3 Å². The summed E-state index contributed by atoms with van der Waals surface area (Å²) in [7, 11) is 1.32. The number of rotatable bonds is 5. The van der Waals surface area contributed by atoms with E-state index in [2.05, 4.69) is 14.8 Å². The van der Waals surface area contributed by atoms with Gasteiger partial charge in [0.05, 0.1) is 24.9 Å². The lowest BCUT2D eigenvalue weighted by atomic mass is 10.2. The number of aromatic nitrogens is 1. The molecule has 7 nitrogen and oxygen atoms in total. The maximum atomic E-state index is 11.3. The number of amidine groups is 1. The molecule has 7 heteroatoms. The van der Waals surface area contributed by atoms with Gasteiger partial charge in [-0.1, -0.05) is 30.3 Å². The molecule has 1 aromatic heterocycles. The fourth-order valence-electron chi connectivity index (χ4n) is 1.76. The van der Waals surface area contributed by atoms with E-state index in [-0.39, 0.29) is 6.54 Å². The average Bonchev–Trinajstić information content (AvgIpc) is 2.55. The van der Waals surface area contributed by atoms with E-state index in [9.17, 15) is 4.79 Å². The summed E-state index contributed by atoms with van der Waals surface area (Å²) in [6.45, 7) is 0.259. The largest absolute Gasteiger partial charge is 0.465 e. The molecular weight excluding hydrogens is 282 g/mol. The Labute approximate surface area is 128 Å². The van der Waals surface area contributed by atoms with E-state index in [0.29, 0.717) is 17.1 Å². The van der Waals surface area contributed by atoms with Gasteiger partial charge in [-0.15, -0.1) is 5.10 Å². The van der Waals surface area contributed by atoms with Gasteiger partial charge in [0.2, 0.25) is 0 Å². The first-order valence-electron chi connectivity index (χ1n) is 6.55. The first kappa shape index (κ1) is 15.5.